The summed E-state index contributed by atoms with van der Waals surface area (Å²) in [4.78, 5) is 10.4. The Morgan fingerprint density at radius 2 is 1.79 bits per heavy atom. The van der Waals surface area contributed by atoms with Crippen LogP contribution >= 0.6 is 0 Å². The maximum Gasteiger partial charge on any atom is 0.321 e. The quantitative estimate of drug-likeness (QED) is 0.610. The van der Waals surface area contributed by atoms with Crippen molar-refractivity contribution in [1.29, 1.82) is 0 Å². The molecule has 3 N–H and O–H groups in total. The Labute approximate surface area is 83.9 Å². The van der Waals surface area contributed by atoms with Crippen LogP contribution in [0.4, 0.5) is 0 Å². The molecule has 0 aromatic heterocycles. The lowest BCUT2D eigenvalue weighted by Gasteiger charge is -2.21. The maximum absolute atomic E-state index is 11.3. The maximum atomic E-state index is 11.3. The topological polar surface area (TPSA) is 95.5 Å². The number of carboxylic acid groups (broad SMARTS) is 1. The van der Waals surface area contributed by atoms with Crippen molar-refractivity contribution >= 4 is 16.2 Å². The van der Waals surface area contributed by atoms with E-state index >= 15 is 0 Å². The highest BCUT2D eigenvalue weighted by atomic mass is 32.2. The minimum atomic E-state index is -3.76. The van der Waals surface area contributed by atoms with Gasteiger partial charge in [-0.15, -0.1) is 0 Å². The number of nitrogens with one attached hydrogen (secondary N) is 2. The molecule has 84 valence electrons. The van der Waals surface area contributed by atoms with Crippen LogP contribution < -0.4 is 9.44 Å². The number of aliphatic carboxylic acids is 1. The summed E-state index contributed by atoms with van der Waals surface area (Å²) in [6.45, 7) is 6.25. The van der Waals surface area contributed by atoms with Crippen LogP contribution in [-0.4, -0.2) is 31.1 Å². The highest BCUT2D eigenvalue weighted by Gasteiger charge is 2.23. The largest absolute Gasteiger partial charge is 0.480 e. The lowest BCUT2D eigenvalue weighted by Crippen LogP contribution is -2.50. The van der Waals surface area contributed by atoms with E-state index < -0.39 is 27.8 Å². The SMILES string of the molecule is C[C@@H](NS(=O)(=O)NC(C)(C)C)C(=O)O. The van der Waals surface area contributed by atoms with Gasteiger partial charge in [0.25, 0.3) is 10.2 Å². The molecule has 0 unspecified atom stereocenters. The van der Waals surface area contributed by atoms with E-state index in [4.69, 9.17) is 5.11 Å². The first kappa shape index (κ1) is 13.3. The summed E-state index contributed by atoms with van der Waals surface area (Å²) in [5.41, 5.74) is -0.635. The van der Waals surface area contributed by atoms with Gasteiger partial charge in [-0.2, -0.15) is 17.9 Å². The molecule has 0 spiro atoms. The number of carbonyl (C=O) groups is 1. The fourth-order valence-corrected chi connectivity index (χ4v) is 2.15. The molecular weight excluding hydrogens is 208 g/mol. The molecule has 0 aliphatic heterocycles. The standard InChI is InChI=1S/C7H16N2O4S/c1-5(6(10)11)8-14(12,13)9-7(2,3)4/h5,8-9H,1-4H3,(H,10,11)/t5-/m1/s1. The van der Waals surface area contributed by atoms with Crippen LogP contribution in [-0.2, 0) is 15.0 Å². The molecule has 6 nitrogen and oxygen atoms in total. The second kappa shape index (κ2) is 4.24. The molecule has 0 rings (SSSR count). The van der Waals surface area contributed by atoms with Gasteiger partial charge in [0, 0.05) is 5.54 Å². The van der Waals surface area contributed by atoms with E-state index in [0.29, 0.717) is 0 Å². The minimum absolute atomic E-state index is 0.635. The summed E-state index contributed by atoms with van der Waals surface area (Å²) < 4.78 is 26.8. The number of hydrogen-bond donors (Lipinski definition) is 3. The van der Waals surface area contributed by atoms with Crippen LogP contribution in [0.25, 0.3) is 0 Å². The molecule has 7 heteroatoms. The normalized spacial score (nSPS) is 15.1. The molecule has 0 aromatic carbocycles. The van der Waals surface area contributed by atoms with Gasteiger partial charge in [-0.25, -0.2) is 0 Å². The highest BCUT2D eigenvalue weighted by Crippen LogP contribution is 2.00. The minimum Gasteiger partial charge on any atom is -0.480 e. The smallest absolute Gasteiger partial charge is 0.321 e. The van der Waals surface area contributed by atoms with E-state index in [-0.39, 0.29) is 0 Å². The first-order chi connectivity index (χ1) is 6.03. The van der Waals surface area contributed by atoms with Crippen molar-refractivity contribution in [2.24, 2.45) is 0 Å². The van der Waals surface area contributed by atoms with Crippen molar-refractivity contribution in [3.63, 3.8) is 0 Å². The highest BCUT2D eigenvalue weighted by molar-refractivity contribution is 7.87. The summed E-state index contributed by atoms with van der Waals surface area (Å²) >= 11 is 0. The van der Waals surface area contributed by atoms with E-state index in [1.165, 1.54) is 6.92 Å². The third-order valence-electron chi connectivity index (χ3n) is 1.14. The Morgan fingerprint density at radius 3 is 2.07 bits per heavy atom. The summed E-state index contributed by atoms with van der Waals surface area (Å²) in [6, 6.07) is -1.14. The van der Waals surface area contributed by atoms with Gasteiger partial charge in [0.2, 0.25) is 0 Å². The van der Waals surface area contributed by atoms with E-state index in [1.54, 1.807) is 20.8 Å². The van der Waals surface area contributed by atoms with E-state index in [9.17, 15) is 13.2 Å². The molecule has 0 aliphatic carbocycles. The van der Waals surface area contributed by atoms with Gasteiger partial charge in [-0.3, -0.25) is 4.79 Å². The van der Waals surface area contributed by atoms with Crippen molar-refractivity contribution < 1.29 is 18.3 Å². The van der Waals surface area contributed by atoms with Gasteiger partial charge in [-0.05, 0) is 27.7 Å². The molecule has 0 fully saturated rings. The Hall–Kier alpha value is -0.660. The molecule has 1 atom stereocenters. The Morgan fingerprint density at radius 1 is 1.36 bits per heavy atom. The predicted molar refractivity (Wildman–Crippen MR) is 52.0 cm³/mol. The predicted octanol–water partition coefficient (Wildman–Crippen LogP) is -0.318. The fourth-order valence-electron chi connectivity index (χ4n) is 0.716. The van der Waals surface area contributed by atoms with Crippen LogP contribution in [0.3, 0.4) is 0 Å². The third kappa shape index (κ3) is 5.90. The molecule has 0 amide bonds. The zero-order chi connectivity index (χ0) is 11.6. The second-order valence-corrected chi connectivity index (χ2v) is 5.48. The van der Waals surface area contributed by atoms with Gasteiger partial charge >= 0.3 is 5.97 Å². The molecule has 0 saturated heterocycles. The average molecular weight is 224 g/mol. The molecule has 0 radical (unpaired) electrons. The van der Waals surface area contributed by atoms with Gasteiger partial charge in [-0.1, -0.05) is 0 Å². The first-order valence-corrected chi connectivity index (χ1v) is 5.56. The Bertz CT molecular complexity index is 304. The zero-order valence-electron chi connectivity index (χ0n) is 8.66. The lowest BCUT2D eigenvalue weighted by atomic mass is 10.1. The first-order valence-electron chi connectivity index (χ1n) is 4.07. The fraction of sp³-hybridized carbons (Fsp3) is 0.857. The molecule has 0 aromatic rings. The van der Waals surface area contributed by atoms with Crippen LogP contribution in [0, 0.1) is 0 Å². The van der Waals surface area contributed by atoms with E-state index in [1.807, 2.05) is 4.72 Å². The molecule has 0 heterocycles. The molecular formula is C7H16N2O4S. The van der Waals surface area contributed by atoms with Crippen LogP contribution in [0.2, 0.25) is 0 Å². The summed E-state index contributed by atoms with van der Waals surface area (Å²) in [6.07, 6.45) is 0. The molecule has 0 bridgehead atoms. The number of hydrogen-bond acceptors (Lipinski definition) is 3. The van der Waals surface area contributed by atoms with Crippen LogP contribution in [0.15, 0.2) is 0 Å². The Kier molecular flexibility index (Phi) is 4.04. The van der Waals surface area contributed by atoms with Gasteiger partial charge in [0.1, 0.15) is 6.04 Å². The lowest BCUT2D eigenvalue weighted by molar-refractivity contribution is -0.138. The van der Waals surface area contributed by atoms with E-state index in [0.717, 1.165) is 0 Å². The monoisotopic (exact) mass is 224 g/mol. The molecule has 0 saturated carbocycles. The molecule has 14 heavy (non-hydrogen) atoms. The van der Waals surface area contributed by atoms with Crippen molar-refractivity contribution in [3.05, 3.63) is 0 Å². The van der Waals surface area contributed by atoms with E-state index in [2.05, 4.69) is 4.72 Å². The Balaban J connectivity index is 4.45. The number of carboxylic acids is 1. The summed E-state index contributed by atoms with van der Waals surface area (Å²) in [5, 5.41) is 8.49. The van der Waals surface area contributed by atoms with Gasteiger partial charge in [0.15, 0.2) is 0 Å². The van der Waals surface area contributed by atoms with Gasteiger partial charge < -0.3 is 5.11 Å². The second-order valence-electron chi connectivity index (χ2n) is 4.03. The summed E-state index contributed by atoms with van der Waals surface area (Å²) in [5.74, 6) is -1.22. The van der Waals surface area contributed by atoms with Crippen LogP contribution in [0.5, 0.6) is 0 Å². The molecule has 0 aliphatic rings. The summed E-state index contributed by atoms with van der Waals surface area (Å²) in [7, 11) is -3.76. The number of rotatable bonds is 4. The van der Waals surface area contributed by atoms with Crippen molar-refractivity contribution in [2.45, 2.75) is 39.3 Å². The van der Waals surface area contributed by atoms with Crippen molar-refractivity contribution in [3.8, 4) is 0 Å². The van der Waals surface area contributed by atoms with Crippen LogP contribution in [0.1, 0.15) is 27.7 Å². The zero-order valence-corrected chi connectivity index (χ0v) is 9.47. The van der Waals surface area contributed by atoms with Gasteiger partial charge in [0.05, 0.1) is 0 Å². The van der Waals surface area contributed by atoms with Crippen molar-refractivity contribution in [1.82, 2.24) is 9.44 Å². The van der Waals surface area contributed by atoms with Crippen molar-refractivity contribution in [2.75, 3.05) is 0 Å². The third-order valence-corrected chi connectivity index (χ3v) is 2.69. The average Bonchev–Trinajstić information content (AvgIpc) is 1.78.